The number of piperidine rings is 1. The van der Waals surface area contributed by atoms with Crippen LogP contribution in [0.4, 0.5) is 0 Å². The number of carbonyl (C=O) groups excluding carboxylic acids is 2. The van der Waals surface area contributed by atoms with Gasteiger partial charge >= 0.3 is 5.97 Å². The predicted molar refractivity (Wildman–Crippen MR) is 76.5 cm³/mol. The van der Waals surface area contributed by atoms with Crippen molar-refractivity contribution in [3.05, 3.63) is 0 Å². The second-order valence-corrected chi connectivity index (χ2v) is 6.25. The molecular weight excluding hydrogens is 272 g/mol. The van der Waals surface area contributed by atoms with Crippen molar-refractivity contribution >= 4 is 17.8 Å². The van der Waals surface area contributed by atoms with Crippen molar-refractivity contribution in [2.24, 2.45) is 11.8 Å². The molecule has 1 aliphatic heterocycles. The zero-order valence-electron chi connectivity index (χ0n) is 12.6. The van der Waals surface area contributed by atoms with Gasteiger partial charge in [0.1, 0.15) is 0 Å². The zero-order chi connectivity index (χ0) is 15.4. The summed E-state index contributed by atoms with van der Waals surface area (Å²) in [6.45, 7) is 0.904. The minimum atomic E-state index is -0.846. The number of amides is 2. The Hall–Kier alpha value is -1.59. The molecule has 0 radical (unpaired) electrons. The number of hydrogen-bond acceptors (Lipinski definition) is 3. The molecule has 1 unspecified atom stereocenters. The Bertz CT molecular complexity index is 420. The highest BCUT2D eigenvalue weighted by Gasteiger charge is 2.29. The molecule has 6 nitrogen and oxygen atoms in total. The summed E-state index contributed by atoms with van der Waals surface area (Å²) in [4.78, 5) is 38.1. The van der Waals surface area contributed by atoms with Crippen molar-refractivity contribution in [1.29, 1.82) is 0 Å². The molecule has 1 aliphatic carbocycles. The van der Waals surface area contributed by atoms with Gasteiger partial charge in [0.15, 0.2) is 0 Å². The number of likely N-dealkylation sites (N-methyl/N-ethyl adjacent to an activating group) is 1. The van der Waals surface area contributed by atoms with E-state index in [-0.39, 0.29) is 24.9 Å². The first kappa shape index (κ1) is 15.8. The van der Waals surface area contributed by atoms with E-state index >= 15 is 0 Å². The standard InChI is InChI=1S/C15H24N2O4/c1-16(13(18)7-6-11-4-5-11)10-14(19)17-8-2-3-12(9-17)15(20)21/h11-12H,2-10H2,1H3,(H,20,21). The summed E-state index contributed by atoms with van der Waals surface area (Å²) in [6, 6.07) is 0. The van der Waals surface area contributed by atoms with Gasteiger partial charge in [0.2, 0.25) is 11.8 Å². The third-order valence-electron chi connectivity index (χ3n) is 4.38. The van der Waals surface area contributed by atoms with Crippen LogP contribution in [0.3, 0.4) is 0 Å². The Morgan fingerprint density at radius 3 is 2.57 bits per heavy atom. The van der Waals surface area contributed by atoms with Crippen LogP contribution in [-0.4, -0.2) is 59.4 Å². The molecule has 0 aromatic carbocycles. The van der Waals surface area contributed by atoms with Gasteiger partial charge in [-0.1, -0.05) is 12.8 Å². The molecule has 6 heteroatoms. The maximum atomic E-state index is 12.2. The molecule has 1 heterocycles. The molecule has 0 aromatic heterocycles. The number of carbonyl (C=O) groups is 3. The summed E-state index contributed by atoms with van der Waals surface area (Å²) in [7, 11) is 1.64. The van der Waals surface area contributed by atoms with Crippen LogP contribution >= 0.6 is 0 Å². The molecule has 118 valence electrons. The number of carboxylic acid groups (broad SMARTS) is 1. The smallest absolute Gasteiger partial charge is 0.308 e. The lowest BCUT2D eigenvalue weighted by molar-refractivity contribution is -0.147. The van der Waals surface area contributed by atoms with E-state index in [1.807, 2.05) is 0 Å². The van der Waals surface area contributed by atoms with Crippen molar-refractivity contribution in [2.75, 3.05) is 26.7 Å². The van der Waals surface area contributed by atoms with Gasteiger partial charge in [0.05, 0.1) is 12.5 Å². The van der Waals surface area contributed by atoms with Crippen LogP contribution in [0, 0.1) is 11.8 Å². The van der Waals surface area contributed by atoms with E-state index in [9.17, 15) is 14.4 Å². The Kier molecular flexibility index (Phi) is 5.20. The van der Waals surface area contributed by atoms with Gasteiger partial charge in [-0.2, -0.15) is 0 Å². The van der Waals surface area contributed by atoms with Gasteiger partial charge < -0.3 is 14.9 Å². The lowest BCUT2D eigenvalue weighted by Crippen LogP contribution is -2.46. The Balaban J connectivity index is 1.76. The first-order valence-electron chi connectivity index (χ1n) is 7.72. The third-order valence-corrected chi connectivity index (χ3v) is 4.38. The summed E-state index contributed by atoms with van der Waals surface area (Å²) >= 11 is 0. The van der Waals surface area contributed by atoms with Crippen molar-refractivity contribution in [3.8, 4) is 0 Å². The van der Waals surface area contributed by atoms with E-state index in [1.165, 1.54) is 17.7 Å². The van der Waals surface area contributed by atoms with Crippen molar-refractivity contribution < 1.29 is 19.5 Å². The number of likely N-dealkylation sites (tertiary alicyclic amines) is 1. The highest BCUT2D eigenvalue weighted by molar-refractivity contribution is 5.85. The fourth-order valence-electron chi connectivity index (χ4n) is 2.72. The normalized spacial score (nSPS) is 22.0. The summed E-state index contributed by atoms with van der Waals surface area (Å²) in [5, 5.41) is 9.03. The van der Waals surface area contributed by atoms with Crippen LogP contribution in [0.25, 0.3) is 0 Å². The molecule has 0 bridgehead atoms. The number of aliphatic carboxylic acids is 1. The van der Waals surface area contributed by atoms with E-state index < -0.39 is 11.9 Å². The summed E-state index contributed by atoms with van der Waals surface area (Å²) in [5.41, 5.74) is 0. The molecule has 21 heavy (non-hydrogen) atoms. The molecule has 1 atom stereocenters. The highest BCUT2D eigenvalue weighted by atomic mass is 16.4. The van der Waals surface area contributed by atoms with Crippen molar-refractivity contribution in [3.63, 3.8) is 0 Å². The minimum Gasteiger partial charge on any atom is -0.481 e. The van der Waals surface area contributed by atoms with Gasteiger partial charge in [-0.05, 0) is 25.2 Å². The van der Waals surface area contributed by atoms with E-state index in [0.29, 0.717) is 31.7 Å². The summed E-state index contributed by atoms with van der Waals surface area (Å²) in [6.07, 6.45) is 5.20. The van der Waals surface area contributed by atoms with Crippen LogP contribution in [0.15, 0.2) is 0 Å². The Morgan fingerprint density at radius 1 is 1.24 bits per heavy atom. The van der Waals surface area contributed by atoms with Gasteiger partial charge in [0.25, 0.3) is 0 Å². The SMILES string of the molecule is CN(CC(=O)N1CCCC(C(=O)O)C1)C(=O)CCC1CC1. The van der Waals surface area contributed by atoms with E-state index in [2.05, 4.69) is 0 Å². The van der Waals surface area contributed by atoms with E-state index in [1.54, 1.807) is 11.9 Å². The van der Waals surface area contributed by atoms with Gasteiger partial charge in [-0.15, -0.1) is 0 Å². The molecule has 2 amide bonds. The maximum Gasteiger partial charge on any atom is 0.308 e. The minimum absolute atomic E-state index is 0.00189. The fraction of sp³-hybridized carbons (Fsp3) is 0.800. The lowest BCUT2D eigenvalue weighted by Gasteiger charge is -2.32. The van der Waals surface area contributed by atoms with Crippen LogP contribution in [0.1, 0.15) is 38.5 Å². The van der Waals surface area contributed by atoms with Crippen molar-refractivity contribution in [2.45, 2.75) is 38.5 Å². The van der Waals surface area contributed by atoms with E-state index in [0.717, 1.165) is 6.42 Å². The maximum absolute atomic E-state index is 12.2. The van der Waals surface area contributed by atoms with Crippen LogP contribution in [-0.2, 0) is 14.4 Å². The average Bonchev–Trinajstić information content (AvgIpc) is 3.28. The number of hydrogen-bond donors (Lipinski definition) is 1. The van der Waals surface area contributed by atoms with Gasteiger partial charge in [-0.25, -0.2) is 0 Å². The zero-order valence-corrected chi connectivity index (χ0v) is 12.6. The Morgan fingerprint density at radius 2 is 1.95 bits per heavy atom. The Labute approximate surface area is 125 Å². The van der Waals surface area contributed by atoms with E-state index in [4.69, 9.17) is 5.11 Å². The molecule has 2 aliphatic rings. The van der Waals surface area contributed by atoms with Crippen molar-refractivity contribution in [1.82, 2.24) is 9.80 Å². The molecule has 2 rings (SSSR count). The third kappa shape index (κ3) is 4.72. The molecule has 1 saturated heterocycles. The van der Waals surface area contributed by atoms with Crippen LogP contribution in [0.5, 0.6) is 0 Å². The number of carboxylic acids is 1. The predicted octanol–water partition coefficient (Wildman–Crippen LogP) is 0.958. The molecule has 1 N–H and O–H groups in total. The topological polar surface area (TPSA) is 77.9 Å². The second kappa shape index (κ2) is 6.91. The highest BCUT2D eigenvalue weighted by Crippen LogP contribution is 2.33. The summed E-state index contributed by atoms with van der Waals surface area (Å²) < 4.78 is 0. The average molecular weight is 296 g/mol. The summed E-state index contributed by atoms with van der Waals surface area (Å²) in [5.74, 6) is -0.762. The first-order valence-corrected chi connectivity index (χ1v) is 7.72. The molecule has 1 saturated carbocycles. The number of rotatable bonds is 6. The quantitative estimate of drug-likeness (QED) is 0.792. The van der Waals surface area contributed by atoms with Gasteiger partial charge in [-0.3, -0.25) is 14.4 Å². The molecule has 0 aromatic rings. The van der Waals surface area contributed by atoms with Crippen LogP contribution in [0.2, 0.25) is 0 Å². The number of nitrogens with zero attached hydrogens (tertiary/aromatic N) is 2. The molecule has 0 spiro atoms. The molecular formula is C15H24N2O4. The monoisotopic (exact) mass is 296 g/mol. The fourth-order valence-corrected chi connectivity index (χ4v) is 2.72. The largest absolute Gasteiger partial charge is 0.481 e. The first-order chi connectivity index (χ1) is 9.97. The lowest BCUT2D eigenvalue weighted by atomic mass is 9.98. The van der Waals surface area contributed by atoms with Crippen LogP contribution < -0.4 is 0 Å². The van der Waals surface area contributed by atoms with Gasteiger partial charge in [0, 0.05) is 26.6 Å². The molecule has 2 fully saturated rings. The second-order valence-electron chi connectivity index (χ2n) is 6.25.